The van der Waals surface area contributed by atoms with Crippen LogP contribution >= 0.6 is 0 Å². The number of hydrogen-bond donors (Lipinski definition) is 0. The average Bonchev–Trinajstić information content (AvgIpc) is 2.58. The number of ether oxygens (including phenoxy) is 1. The van der Waals surface area contributed by atoms with Crippen molar-refractivity contribution in [1.82, 2.24) is 0 Å². The summed E-state index contributed by atoms with van der Waals surface area (Å²) < 4.78 is 5.98. The zero-order chi connectivity index (χ0) is 18.3. The summed E-state index contributed by atoms with van der Waals surface area (Å²) in [7, 11) is 0.622. The standard InChI is InChI=1S/C23H32OSi/c1-19(18-25(3,4)5)22(17-16-20-12-8-6-9-13-20)23(24-2)21-14-10-7-11-15-21/h6-15,22-23H,1,16-18H2,2-5H3/t22-,23-/m0/s1. The van der Waals surface area contributed by atoms with Crippen LogP contribution in [0.25, 0.3) is 0 Å². The first-order valence-corrected chi connectivity index (χ1v) is 12.9. The minimum atomic E-state index is -1.21. The predicted molar refractivity (Wildman–Crippen MR) is 112 cm³/mol. The number of aryl methyl sites for hydroxylation is 1. The first-order chi connectivity index (χ1) is 11.9. The van der Waals surface area contributed by atoms with Crippen molar-refractivity contribution in [3.05, 3.63) is 83.9 Å². The smallest absolute Gasteiger partial charge is 0.0886 e. The minimum absolute atomic E-state index is 0.0776. The quantitative estimate of drug-likeness (QED) is 0.369. The second-order valence-electron chi connectivity index (χ2n) is 8.09. The molecule has 0 radical (unpaired) electrons. The van der Waals surface area contributed by atoms with Crippen LogP contribution in [0.4, 0.5) is 0 Å². The Bertz CT molecular complexity index is 643. The summed E-state index contributed by atoms with van der Waals surface area (Å²) in [6.07, 6.45) is 2.21. The van der Waals surface area contributed by atoms with Crippen molar-refractivity contribution in [2.24, 2.45) is 5.92 Å². The van der Waals surface area contributed by atoms with Crippen LogP contribution in [0.15, 0.2) is 72.8 Å². The molecule has 0 heterocycles. The molecular formula is C23H32OSi. The fourth-order valence-corrected chi connectivity index (χ4v) is 5.15. The molecule has 2 atom stereocenters. The average molecular weight is 353 g/mol. The molecule has 134 valence electrons. The molecule has 0 saturated carbocycles. The molecule has 0 N–H and O–H groups in total. The number of methoxy groups -OCH3 is 1. The van der Waals surface area contributed by atoms with E-state index in [1.807, 2.05) is 7.11 Å². The minimum Gasteiger partial charge on any atom is -0.376 e. The van der Waals surface area contributed by atoms with Crippen LogP contribution in [0.2, 0.25) is 25.7 Å². The van der Waals surface area contributed by atoms with Crippen LogP contribution in [0.5, 0.6) is 0 Å². The van der Waals surface area contributed by atoms with Gasteiger partial charge in [-0.05, 0) is 30.0 Å². The van der Waals surface area contributed by atoms with Crippen molar-refractivity contribution < 1.29 is 4.74 Å². The van der Waals surface area contributed by atoms with Crippen LogP contribution in [-0.2, 0) is 11.2 Å². The van der Waals surface area contributed by atoms with Crippen molar-refractivity contribution >= 4 is 8.07 Å². The van der Waals surface area contributed by atoms with E-state index in [1.54, 1.807) is 0 Å². The van der Waals surface area contributed by atoms with Crippen LogP contribution in [0.1, 0.15) is 23.7 Å². The lowest BCUT2D eigenvalue weighted by molar-refractivity contribution is 0.0613. The zero-order valence-corrected chi connectivity index (χ0v) is 17.2. The Hall–Kier alpha value is -1.64. The molecule has 2 aromatic carbocycles. The predicted octanol–water partition coefficient (Wildman–Crippen LogP) is 6.52. The monoisotopic (exact) mass is 352 g/mol. The van der Waals surface area contributed by atoms with Gasteiger partial charge in [-0.3, -0.25) is 0 Å². The van der Waals surface area contributed by atoms with Gasteiger partial charge in [0.25, 0.3) is 0 Å². The largest absolute Gasteiger partial charge is 0.376 e. The van der Waals surface area contributed by atoms with Crippen molar-refractivity contribution in [3.8, 4) is 0 Å². The van der Waals surface area contributed by atoms with Crippen LogP contribution < -0.4 is 0 Å². The second kappa shape index (κ2) is 9.16. The van der Waals surface area contributed by atoms with Gasteiger partial charge in [0.2, 0.25) is 0 Å². The summed E-state index contributed by atoms with van der Waals surface area (Å²) in [6.45, 7) is 11.7. The van der Waals surface area contributed by atoms with Crippen molar-refractivity contribution in [2.75, 3.05) is 7.11 Å². The molecule has 1 nitrogen and oxygen atoms in total. The molecule has 0 saturated heterocycles. The van der Waals surface area contributed by atoms with E-state index in [2.05, 4.69) is 86.9 Å². The second-order valence-corrected chi connectivity index (χ2v) is 13.6. The maximum atomic E-state index is 5.98. The molecule has 25 heavy (non-hydrogen) atoms. The molecule has 0 fully saturated rings. The number of rotatable bonds is 9. The first kappa shape index (κ1) is 19.7. The maximum Gasteiger partial charge on any atom is 0.0886 e. The van der Waals surface area contributed by atoms with Crippen molar-refractivity contribution in [1.29, 1.82) is 0 Å². The van der Waals surface area contributed by atoms with Crippen molar-refractivity contribution in [2.45, 2.75) is 44.6 Å². The normalized spacial score (nSPS) is 14.1. The third-order valence-electron chi connectivity index (χ3n) is 4.62. The Balaban J connectivity index is 2.22. The third kappa shape index (κ3) is 6.30. The van der Waals surface area contributed by atoms with Gasteiger partial charge < -0.3 is 4.74 Å². The Morgan fingerprint density at radius 3 is 2.04 bits per heavy atom. The highest BCUT2D eigenvalue weighted by atomic mass is 28.3. The summed E-state index contributed by atoms with van der Waals surface area (Å²) >= 11 is 0. The molecule has 0 aliphatic carbocycles. The van der Waals surface area contributed by atoms with Gasteiger partial charge in [-0.1, -0.05) is 92.5 Å². The van der Waals surface area contributed by atoms with E-state index in [4.69, 9.17) is 4.74 Å². The summed E-state index contributed by atoms with van der Waals surface area (Å²) in [5, 5.41) is 0. The topological polar surface area (TPSA) is 9.23 Å². The highest BCUT2D eigenvalue weighted by molar-refractivity contribution is 6.76. The van der Waals surface area contributed by atoms with Crippen LogP contribution in [0.3, 0.4) is 0 Å². The molecule has 0 unspecified atom stereocenters. The third-order valence-corrected chi connectivity index (χ3v) is 6.13. The molecule has 2 aromatic rings. The summed E-state index contributed by atoms with van der Waals surface area (Å²) in [6, 6.07) is 22.5. The van der Waals surface area contributed by atoms with Crippen LogP contribution in [0, 0.1) is 5.92 Å². The number of benzene rings is 2. The van der Waals surface area contributed by atoms with Gasteiger partial charge in [-0.2, -0.15) is 0 Å². The lowest BCUT2D eigenvalue weighted by Crippen LogP contribution is -2.25. The molecular weight excluding hydrogens is 320 g/mol. The SMILES string of the molecule is C=C(C[Si](C)(C)C)[C@H](CCc1ccccc1)[C@@H](OC)c1ccccc1. The molecule has 0 aliphatic heterocycles. The molecule has 0 aliphatic rings. The molecule has 0 aromatic heterocycles. The van der Waals surface area contributed by atoms with Gasteiger partial charge in [0.05, 0.1) is 6.10 Å². The van der Waals surface area contributed by atoms with E-state index < -0.39 is 8.07 Å². The van der Waals surface area contributed by atoms with E-state index in [0.717, 1.165) is 18.9 Å². The summed E-state index contributed by atoms with van der Waals surface area (Å²) in [5.74, 6) is 0.347. The number of hydrogen-bond acceptors (Lipinski definition) is 1. The zero-order valence-electron chi connectivity index (χ0n) is 16.2. The molecule has 2 heteroatoms. The fraction of sp³-hybridized carbons (Fsp3) is 0.391. The highest BCUT2D eigenvalue weighted by Crippen LogP contribution is 2.37. The molecule has 2 rings (SSSR count). The molecule has 0 amide bonds. The van der Waals surface area contributed by atoms with Gasteiger partial charge in [0.1, 0.15) is 0 Å². The van der Waals surface area contributed by atoms with E-state index in [-0.39, 0.29) is 6.10 Å². The van der Waals surface area contributed by atoms with Gasteiger partial charge in [-0.25, -0.2) is 0 Å². The Kier molecular flexibility index (Phi) is 7.21. The van der Waals surface area contributed by atoms with E-state index in [0.29, 0.717) is 5.92 Å². The fourth-order valence-electron chi connectivity index (χ4n) is 3.52. The lowest BCUT2D eigenvalue weighted by Gasteiger charge is -2.31. The Morgan fingerprint density at radius 1 is 0.960 bits per heavy atom. The Morgan fingerprint density at radius 2 is 1.52 bits per heavy atom. The van der Waals surface area contributed by atoms with Gasteiger partial charge in [0.15, 0.2) is 0 Å². The first-order valence-electron chi connectivity index (χ1n) is 9.20. The molecule has 0 bridgehead atoms. The molecule has 0 spiro atoms. The van der Waals surface area contributed by atoms with Gasteiger partial charge >= 0.3 is 0 Å². The van der Waals surface area contributed by atoms with Gasteiger partial charge in [-0.15, -0.1) is 0 Å². The maximum absolute atomic E-state index is 5.98. The summed E-state index contributed by atoms with van der Waals surface area (Å²) in [4.78, 5) is 0. The Labute approximate surface area is 154 Å². The van der Waals surface area contributed by atoms with E-state index in [9.17, 15) is 0 Å². The van der Waals surface area contributed by atoms with Gasteiger partial charge in [0, 0.05) is 21.1 Å². The van der Waals surface area contributed by atoms with E-state index in [1.165, 1.54) is 16.7 Å². The lowest BCUT2D eigenvalue weighted by atomic mass is 9.85. The summed E-state index contributed by atoms with van der Waals surface area (Å²) in [5.41, 5.74) is 3.99. The van der Waals surface area contributed by atoms with E-state index >= 15 is 0 Å². The highest BCUT2D eigenvalue weighted by Gasteiger charge is 2.28. The van der Waals surface area contributed by atoms with Crippen molar-refractivity contribution in [3.63, 3.8) is 0 Å². The van der Waals surface area contributed by atoms with Crippen LogP contribution in [-0.4, -0.2) is 15.2 Å².